The van der Waals surface area contributed by atoms with Crippen molar-refractivity contribution in [1.29, 1.82) is 0 Å². The largest absolute Gasteiger partial charge is 0.311 e. The van der Waals surface area contributed by atoms with Crippen molar-refractivity contribution in [1.82, 2.24) is 9.13 Å². The van der Waals surface area contributed by atoms with Crippen molar-refractivity contribution in [2.24, 2.45) is 0 Å². The second-order valence-electron chi connectivity index (χ2n) is 29.0. The van der Waals surface area contributed by atoms with E-state index in [0.717, 1.165) is 62.6 Å². The lowest BCUT2D eigenvalue weighted by atomic mass is 9.33. The Labute approximate surface area is 643 Å². The van der Waals surface area contributed by atoms with Crippen molar-refractivity contribution in [2.75, 3.05) is 14.7 Å². The van der Waals surface area contributed by atoms with Gasteiger partial charge < -0.3 is 23.8 Å². The summed E-state index contributed by atoms with van der Waals surface area (Å²) in [4.78, 5) is 7.75. The molecule has 8 heteroatoms. The van der Waals surface area contributed by atoms with Crippen LogP contribution in [-0.2, 0) is 0 Å². The first-order valence-corrected chi connectivity index (χ1v) is 42.1. The van der Waals surface area contributed by atoms with Crippen molar-refractivity contribution in [3.8, 4) is 11.4 Å². The molecule has 0 saturated carbocycles. The highest BCUT2D eigenvalue weighted by atomic mass is 28.3. The quantitative estimate of drug-likeness (QED) is 0.0753. The molecule has 0 unspecified atom stereocenters. The minimum Gasteiger partial charge on any atom is -0.311 e. The Bertz CT molecular complexity index is 5950. The number of benzene rings is 17. The van der Waals surface area contributed by atoms with Crippen LogP contribution >= 0.6 is 0 Å². The Hall–Kier alpha value is -13.8. The smallest absolute Gasteiger partial charge is 0.252 e. The van der Waals surface area contributed by atoms with Gasteiger partial charge in [-0.2, -0.15) is 0 Å². The van der Waals surface area contributed by atoms with E-state index in [9.17, 15) is 0 Å². The van der Waals surface area contributed by atoms with Crippen LogP contribution < -0.4 is 72.6 Å². The van der Waals surface area contributed by atoms with E-state index in [1.54, 1.807) is 0 Å². The molecule has 21 rings (SSSR count). The van der Waals surface area contributed by atoms with E-state index in [0.29, 0.717) is 0 Å². The Morgan fingerprint density at radius 2 is 0.455 bits per heavy atom. The van der Waals surface area contributed by atoms with Crippen molar-refractivity contribution in [3.05, 3.63) is 437 Å². The third-order valence-electron chi connectivity index (χ3n) is 23.3. The molecule has 19 aromatic rings. The van der Waals surface area contributed by atoms with Crippen molar-refractivity contribution in [2.45, 2.75) is 0 Å². The molecule has 0 aliphatic carbocycles. The lowest BCUT2D eigenvalue weighted by Crippen LogP contribution is -2.75. The van der Waals surface area contributed by atoms with Gasteiger partial charge in [0.1, 0.15) is 0 Å². The monoisotopic (exact) mass is 1430 g/mol. The molecule has 0 amide bonds. The van der Waals surface area contributed by atoms with Crippen LogP contribution in [0.3, 0.4) is 0 Å². The minimum absolute atomic E-state index is 0.257. The van der Waals surface area contributed by atoms with Crippen LogP contribution in [0.1, 0.15) is 0 Å². The summed E-state index contributed by atoms with van der Waals surface area (Å²) < 4.78 is 4.87. The van der Waals surface area contributed by atoms with Crippen LogP contribution in [0.5, 0.6) is 0 Å². The average Bonchev–Trinajstić information content (AvgIpc) is 1.00. The molecule has 17 aromatic carbocycles. The highest BCUT2D eigenvalue weighted by molar-refractivity contribution is 7.20. The van der Waals surface area contributed by atoms with E-state index in [2.05, 4.69) is 461 Å². The van der Waals surface area contributed by atoms with Crippen LogP contribution in [-0.4, -0.2) is 32.0 Å². The van der Waals surface area contributed by atoms with Gasteiger partial charge in [-0.15, -0.1) is 0 Å². The summed E-state index contributed by atoms with van der Waals surface area (Å²) >= 11 is 0. The standard InChI is InChI=1S/C102H72BN5Si2/c1-9-33-73(34-10-1)104(74-35-11-2-12-36-74)79-69-100-102-101(70-79)108(78-63-59-76(60-64-78)106-96-55-31-27-51-90(96)91-52-28-32-56-97(91)106)99-72-87(110(83-43-19-6-20-44-83,84-45-21-7-22-46-84)85-47-23-8-24-48-85)66-68-93(99)103(102)92-67-65-86(109(80-37-13-3-14-38-80,81-39-15-4-16-40-81)82-41-17-5-18-42-82)71-98(92)107(100)77-61-57-75(58-62-77)105-94-53-29-25-49-88(94)89-50-26-30-54-95(89)105/h1-72H. The van der Waals surface area contributed by atoms with Gasteiger partial charge in [-0.25, -0.2) is 0 Å². The second kappa shape index (κ2) is 26.6. The molecule has 4 heterocycles. The molecule has 0 saturated heterocycles. The summed E-state index contributed by atoms with van der Waals surface area (Å²) in [5.41, 5.74) is 20.3. The van der Waals surface area contributed by atoms with Crippen LogP contribution in [0, 0.1) is 0 Å². The summed E-state index contributed by atoms with van der Waals surface area (Å²) in [5.74, 6) is 0. The summed E-state index contributed by atoms with van der Waals surface area (Å²) in [7, 11) is -6.35. The average molecular weight is 1430 g/mol. The maximum absolute atomic E-state index is 3.18. The molecule has 0 spiro atoms. The zero-order valence-corrected chi connectivity index (χ0v) is 62.4. The Balaban J connectivity index is 0.894. The van der Waals surface area contributed by atoms with E-state index < -0.39 is 16.1 Å². The summed E-state index contributed by atoms with van der Waals surface area (Å²) in [6, 6.07) is 165. The van der Waals surface area contributed by atoms with E-state index in [1.807, 2.05) is 0 Å². The SMILES string of the molecule is c1ccc(N(c2ccccc2)c2cc3c4c(c2)N(c2ccc(-n5c6ccccc6c6ccccc65)cc2)c2cc([Si](c5ccccc5)(c5ccccc5)c5ccccc5)ccc2B4c2ccc([Si](c4ccccc4)(c4ccccc4)c4ccccc4)cc2N3c2ccc(-n3c4ccccc4c4ccccc43)cc2)cc1. The fourth-order valence-corrected chi connectivity index (χ4v) is 28.3. The molecule has 5 nitrogen and oxygen atoms in total. The molecule has 0 atom stereocenters. The van der Waals surface area contributed by atoms with Gasteiger partial charge in [0.15, 0.2) is 16.1 Å². The second-order valence-corrected chi connectivity index (χ2v) is 36.6. The molecule has 516 valence electrons. The molecule has 0 radical (unpaired) electrons. The highest BCUT2D eigenvalue weighted by Gasteiger charge is 2.49. The summed E-state index contributed by atoms with van der Waals surface area (Å²) in [6.45, 7) is -0.257. The number of hydrogen-bond donors (Lipinski definition) is 0. The van der Waals surface area contributed by atoms with E-state index in [4.69, 9.17) is 0 Å². The number of nitrogens with zero attached hydrogens (tertiary/aromatic N) is 5. The molecule has 0 bridgehead atoms. The highest BCUT2D eigenvalue weighted by Crippen LogP contribution is 2.49. The Morgan fingerprint density at radius 1 is 0.200 bits per heavy atom. The first-order chi connectivity index (χ1) is 54.6. The number of hydrogen-bond acceptors (Lipinski definition) is 3. The van der Waals surface area contributed by atoms with Gasteiger partial charge in [0.25, 0.3) is 6.71 Å². The van der Waals surface area contributed by atoms with Gasteiger partial charge >= 0.3 is 0 Å². The number of para-hydroxylation sites is 6. The van der Waals surface area contributed by atoms with Crippen molar-refractivity contribution in [3.63, 3.8) is 0 Å². The normalized spacial score (nSPS) is 12.5. The molecule has 2 aromatic heterocycles. The third kappa shape index (κ3) is 10.1. The fourth-order valence-electron chi connectivity index (χ4n) is 18.8. The zero-order chi connectivity index (χ0) is 72.7. The molecule has 0 fully saturated rings. The number of aromatic nitrogens is 2. The van der Waals surface area contributed by atoms with Gasteiger partial charge in [0.05, 0.1) is 27.8 Å². The Kier molecular flexibility index (Phi) is 15.6. The fraction of sp³-hybridized carbons (Fsp3) is 0. The molecular weight excluding hydrogens is 1360 g/mol. The van der Waals surface area contributed by atoms with Gasteiger partial charge in [-0.3, -0.25) is 0 Å². The maximum atomic E-state index is 2.64. The number of fused-ring (bicyclic) bond motifs is 10. The van der Waals surface area contributed by atoms with E-state index in [-0.39, 0.29) is 6.71 Å². The first kappa shape index (κ1) is 64.6. The van der Waals surface area contributed by atoms with E-state index in [1.165, 1.54) is 101 Å². The lowest BCUT2D eigenvalue weighted by Gasteiger charge is -2.46. The van der Waals surface area contributed by atoms with Crippen molar-refractivity contribution < 1.29 is 0 Å². The Morgan fingerprint density at radius 3 is 0.745 bits per heavy atom. The summed E-state index contributed by atoms with van der Waals surface area (Å²) in [6.07, 6.45) is 0. The molecule has 110 heavy (non-hydrogen) atoms. The first-order valence-electron chi connectivity index (χ1n) is 38.1. The topological polar surface area (TPSA) is 19.6 Å². The predicted molar refractivity (Wildman–Crippen MR) is 471 cm³/mol. The number of rotatable bonds is 15. The lowest BCUT2D eigenvalue weighted by molar-refractivity contribution is 1.17. The van der Waals surface area contributed by atoms with Crippen LogP contribution in [0.15, 0.2) is 437 Å². The van der Waals surface area contributed by atoms with Crippen LogP contribution in [0.4, 0.5) is 51.2 Å². The van der Waals surface area contributed by atoms with Gasteiger partial charge in [0, 0.05) is 78.4 Å². The van der Waals surface area contributed by atoms with Crippen molar-refractivity contribution >= 4 is 176 Å². The third-order valence-corrected chi connectivity index (χ3v) is 32.9. The molecule has 2 aliphatic heterocycles. The zero-order valence-electron chi connectivity index (χ0n) is 60.4. The molecule has 0 N–H and O–H groups in total. The molecular formula is C102H72BN5Si2. The van der Waals surface area contributed by atoms with Gasteiger partial charge in [-0.1, -0.05) is 315 Å². The van der Waals surface area contributed by atoms with E-state index >= 15 is 0 Å². The summed E-state index contributed by atoms with van der Waals surface area (Å²) in [5, 5.41) is 15.4. The van der Waals surface area contributed by atoms with Crippen LogP contribution in [0.2, 0.25) is 0 Å². The number of anilines is 9. The van der Waals surface area contributed by atoms with Gasteiger partial charge in [0.2, 0.25) is 0 Å². The van der Waals surface area contributed by atoms with Gasteiger partial charge in [-0.05, 0) is 179 Å². The minimum atomic E-state index is -3.18. The predicted octanol–water partition coefficient (Wildman–Crippen LogP) is 18.2. The molecule has 2 aliphatic rings. The van der Waals surface area contributed by atoms with Crippen LogP contribution in [0.25, 0.3) is 55.0 Å². The maximum Gasteiger partial charge on any atom is 0.252 e.